The predicted molar refractivity (Wildman–Crippen MR) is 71.7 cm³/mol. The summed E-state index contributed by atoms with van der Waals surface area (Å²) in [6.07, 6.45) is 4.58. The van der Waals surface area contributed by atoms with E-state index < -0.39 is 24.9 Å². The SMILES string of the molecule is CC1CCCCC1OCCNC(=O)C1CC(F)(F)CN1. The topological polar surface area (TPSA) is 50.4 Å². The van der Waals surface area contributed by atoms with Gasteiger partial charge in [-0.05, 0) is 18.8 Å². The molecular weight excluding hydrogens is 266 g/mol. The lowest BCUT2D eigenvalue weighted by atomic mass is 9.88. The second-order valence-electron chi connectivity index (χ2n) is 5.96. The second kappa shape index (κ2) is 6.80. The van der Waals surface area contributed by atoms with Crippen molar-refractivity contribution in [1.29, 1.82) is 0 Å². The van der Waals surface area contributed by atoms with Gasteiger partial charge in [0, 0.05) is 13.0 Å². The van der Waals surface area contributed by atoms with Crippen LogP contribution >= 0.6 is 0 Å². The molecule has 6 heteroatoms. The van der Waals surface area contributed by atoms with Gasteiger partial charge in [0.05, 0.1) is 25.3 Å². The van der Waals surface area contributed by atoms with E-state index in [2.05, 4.69) is 17.6 Å². The second-order valence-corrected chi connectivity index (χ2v) is 5.96. The molecule has 1 aliphatic heterocycles. The van der Waals surface area contributed by atoms with Gasteiger partial charge in [-0.1, -0.05) is 19.8 Å². The van der Waals surface area contributed by atoms with E-state index in [0.29, 0.717) is 19.1 Å². The number of hydrogen-bond donors (Lipinski definition) is 2. The molecule has 1 saturated heterocycles. The van der Waals surface area contributed by atoms with Crippen LogP contribution in [0.15, 0.2) is 0 Å². The van der Waals surface area contributed by atoms with E-state index in [1.54, 1.807) is 0 Å². The fourth-order valence-corrected chi connectivity index (χ4v) is 2.94. The summed E-state index contributed by atoms with van der Waals surface area (Å²) in [5.74, 6) is -2.56. The predicted octanol–water partition coefficient (Wildman–Crippen LogP) is 1.70. The van der Waals surface area contributed by atoms with Crippen molar-refractivity contribution in [3.8, 4) is 0 Å². The van der Waals surface area contributed by atoms with Crippen LogP contribution in [-0.2, 0) is 9.53 Å². The molecule has 1 amide bonds. The molecule has 3 unspecified atom stereocenters. The van der Waals surface area contributed by atoms with Crippen LogP contribution in [-0.4, -0.2) is 43.7 Å². The van der Waals surface area contributed by atoms with Crippen LogP contribution in [0.1, 0.15) is 39.0 Å². The maximum atomic E-state index is 13.0. The Labute approximate surface area is 118 Å². The average Bonchev–Trinajstić information content (AvgIpc) is 2.77. The smallest absolute Gasteiger partial charge is 0.262 e. The van der Waals surface area contributed by atoms with Crippen LogP contribution in [0.5, 0.6) is 0 Å². The highest BCUT2D eigenvalue weighted by Gasteiger charge is 2.42. The zero-order valence-corrected chi connectivity index (χ0v) is 12.0. The molecule has 2 fully saturated rings. The third kappa shape index (κ3) is 4.38. The Morgan fingerprint density at radius 2 is 2.15 bits per heavy atom. The van der Waals surface area contributed by atoms with Gasteiger partial charge in [0.15, 0.2) is 0 Å². The van der Waals surface area contributed by atoms with Gasteiger partial charge in [-0.3, -0.25) is 10.1 Å². The van der Waals surface area contributed by atoms with Crippen molar-refractivity contribution in [2.45, 2.75) is 57.1 Å². The molecule has 1 heterocycles. The van der Waals surface area contributed by atoms with E-state index in [1.165, 1.54) is 19.3 Å². The van der Waals surface area contributed by atoms with Crippen LogP contribution in [0.4, 0.5) is 8.78 Å². The number of ether oxygens (including phenoxy) is 1. The minimum atomic E-state index is -2.77. The van der Waals surface area contributed by atoms with Gasteiger partial charge >= 0.3 is 0 Å². The van der Waals surface area contributed by atoms with Gasteiger partial charge in [-0.15, -0.1) is 0 Å². The number of halogens is 2. The van der Waals surface area contributed by atoms with Crippen LogP contribution in [0.2, 0.25) is 0 Å². The summed E-state index contributed by atoms with van der Waals surface area (Å²) in [5.41, 5.74) is 0. The fraction of sp³-hybridized carbons (Fsp3) is 0.929. The number of amides is 1. The van der Waals surface area contributed by atoms with E-state index in [0.717, 1.165) is 6.42 Å². The maximum Gasteiger partial charge on any atom is 0.262 e. The van der Waals surface area contributed by atoms with Gasteiger partial charge in [0.25, 0.3) is 5.92 Å². The first-order valence-electron chi connectivity index (χ1n) is 7.48. The number of rotatable bonds is 5. The molecule has 0 aromatic carbocycles. The van der Waals surface area contributed by atoms with Crippen LogP contribution in [0, 0.1) is 5.92 Å². The van der Waals surface area contributed by atoms with E-state index in [1.807, 2.05) is 0 Å². The molecule has 2 N–H and O–H groups in total. The largest absolute Gasteiger partial charge is 0.376 e. The highest BCUT2D eigenvalue weighted by atomic mass is 19.3. The van der Waals surface area contributed by atoms with Crippen molar-refractivity contribution >= 4 is 5.91 Å². The molecular formula is C14H24F2N2O2. The molecule has 116 valence electrons. The van der Waals surface area contributed by atoms with E-state index in [4.69, 9.17) is 4.74 Å². The van der Waals surface area contributed by atoms with Gasteiger partial charge in [-0.25, -0.2) is 8.78 Å². The molecule has 0 bridgehead atoms. The number of hydrogen-bond acceptors (Lipinski definition) is 3. The van der Waals surface area contributed by atoms with Crippen molar-refractivity contribution < 1.29 is 18.3 Å². The minimum Gasteiger partial charge on any atom is -0.376 e. The number of nitrogens with one attached hydrogen (secondary N) is 2. The monoisotopic (exact) mass is 290 g/mol. The molecule has 2 aliphatic rings. The van der Waals surface area contributed by atoms with Crippen LogP contribution in [0.3, 0.4) is 0 Å². The molecule has 3 atom stereocenters. The van der Waals surface area contributed by atoms with Crippen molar-refractivity contribution in [2.75, 3.05) is 19.7 Å². The first kappa shape index (κ1) is 15.6. The molecule has 20 heavy (non-hydrogen) atoms. The van der Waals surface area contributed by atoms with Gasteiger partial charge in [0.1, 0.15) is 0 Å². The third-order valence-corrected chi connectivity index (χ3v) is 4.19. The Hall–Kier alpha value is -0.750. The van der Waals surface area contributed by atoms with E-state index in [9.17, 15) is 13.6 Å². The van der Waals surface area contributed by atoms with Crippen LogP contribution in [0.25, 0.3) is 0 Å². The highest BCUT2D eigenvalue weighted by molar-refractivity contribution is 5.82. The number of carbonyl (C=O) groups excluding carboxylic acids is 1. The third-order valence-electron chi connectivity index (χ3n) is 4.19. The molecule has 0 spiro atoms. The first-order valence-corrected chi connectivity index (χ1v) is 7.48. The Balaban J connectivity index is 1.60. The molecule has 4 nitrogen and oxygen atoms in total. The van der Waals surface area contributed by atoms with Gasteiger partial charge in [-0.2, -0.15) is 0 Å². The highest BCUT2D eigenvalue weighted by Crippen LogP contribution is 2.26. The first-order chi connectivity index (χ1) is 9.48. The van der Waals surface area contributed by atoms with E-state index in [-0.39, 0.29) is 12.0 Å². The summed E-state index contributed by atoms with van der Waals surface area (Å²) in [5, 5.41) is 5.20. The average molecular weight is 290 g/mol. The van der Waals surface area contributed by atoms with Gasteiger partial charge in [0.2, 0.25) is 5.91 Å². The van der Waals surface area contributed by atoms with Crippen molar-refractivity contribution in [3.05, 3.63) is 0 Å². The fourth-order valence-electron chi connectivity index (χ4n) is 2.94. The van der Waals surface area contributed by atoms with Crippen molar-refractivity contribution in [2.24, 2.45) is 5.92 Å². The lowest BCUT2D eigenvalue weighted by Crippen LogP contribution is -2.42. The minimum absolute atomic E-state index is 0.273. The molecule has 1 aliphatic carbocycles. The molecule has 0 radical (unpaired) electrons. The van der Waals surface area contributed by atoms with Crippen molar-refractivity contribution in [3.63, 3.8) is 0 Å². The zero-order chi connectivity index (χ0) is 14.6. The zero-order valence-electron chi connectivity index (χ0n) is 12.0. The maximum absolute atomic E-state index is 13.0. The molecule has 2 rings (SSSR count). The van der Waals surface area contributed by atoms with Crippen molar-refractivity contribution in [1.82, 2.24) is 10.6 Å². The standard InChI is InChI=1S/C14H24F2N2O2/c1-10-4-2-3-5-12(10)20-7-6-17-13(19)11-8-14(15,16)9-18-11/h10-12,18H,2-9H2,1H3,(H,17,19). The summed E-state index contributed by atoms with van der Waals surface area (Å²) in [6.45, 7) is 2.60. The number of alkyl halides is 2. The van der Waals surface area contributed by atoms with E-state index >= 15 is 0 Å². The molecule has 1 saturated carbocycles. The quantitative estimate of drug-likeness (QED) is 0.758. The summed E-state index contributed by atoms with van der Waals surface area (Å²) in [7, 11) is 0. The summed E-state index contributed by atoms with van der Waals surface area (Å²) >= 11 is 0. The van der Waals surface area contributed by atoms with Gasteiger partial charge < -0.3 is 10.1 Å². The Morgan fingerprint density at radius 3 is 2.80 bits per heavy atom. The molecule has 0 aromatic rings. The Kier molecular flexibility index (Phi) is 5.32. The number of carbonyl (C=O) groups is 1. The summed E-state index contributed by atoms with van der Waals surface area (Å²) in [4.78, 5) is 11.7. The lowest BCUT2D eigenvalue weighted by molar-refractivity contribution is -0.123. The lowest BCUT2D eigenvalue weighted by Gasteiger charge is -2.28. The normalized spacial score (nSPS) is 33.0. The summed E-state index contributed by atoms with van der Waals surface area (Å²) < 4.78 is 31.7. The molecule has 0 aromatic heterocycles. The van der Waals surface area contributed by atoms with Crippen LogP contribution < -0.4 is 10.6 Å². The summed E-state index contributed by atoms with van der Waals surface area (Å²) in [6, 6.07) is -0.779. The Morgan fingerprint density at radius 1 is 1.40 bits per heavy atom. The Bertz CT molecular complexity index is 339.